The molecule has 3 aromatic rings. The number of nitrogens with zero attached hydrogens (tertiary/aromatic N) is 5. The lowest BCUT2D eigenvalue weighted by molar-refractivity contribution is -0.135. The molecule has 43 heavy (non-hydrogen) atoms. The van der Waals surface area contributed by atoms with Gasteiger partial charge in [-0.05, 0) is 76.0 Å². The zero-order chi connectivity index (χ0) is 31.2. The number of hydrogen-bond acceptors (Lipinski definition) is 8. The highest BCUT2D eigenvalue weighted by Gasteiger charge is 2.20. The molecule has 0 radical (unpaired) electrons. The number of benzene rings is 2. The van der Waals surface area contributed by atoms with Gasteiger partial charge in [-0.2, -0.15) is 10.2 Å². The van der Waals surface area contributed by atoms with E-state index >= 15 is 0 Å². The summed E-state index contributed by atoms with van der Waals surface area (Å²) in [6, 6.07) is 14.2. The van der Waals surface area contributed by atoms with Crippen molar-refractivity contribution in [3.05, 3.63) is 83.8 Å². The average molecular weight is 583 g/mol. The molecule has 11 heteroatoms. The molecule has 3 rings (SSSR count). The maximum Gasteiger partial charge on any atom is 0.246 e. The van der Waals surface area contributed by atoms with Crippen LogP contribution in [0, 0.1) is 29.0 Å². The molecule has 2 aromatic carbocycles. The smallest absolute Gasteiger partial charge is 0.246 e. The van der Waals surface area contributed by atoms with Crippen LogP contribution in [0.3, 0.4) is 0 Å². The summed E-state index contributed by atoms with van der Waals surface area (Å²) in [6.07, 6.45) is 5.91. The third kappa shape index (κ3) is 10.6. The van der Waals surface area contributed by atoms with E-state index in [9.17, 15) is 14.0 Å². The molecule has 1 aromatic heterocycles. The van der Waals surface area contributed by atoms with E-state index in [1.54, 1.807) is 62.6 Å². The van der Waals surface area contributed by atoms with Gasteiger partial charge in [-0.15, -0.1) is 0 Å². The lowest BCUT2D eigenvalue weighted by Gasteiger charge is -2.23. The van der Waals surface area contributed by atoms with Crippen molar-refractivity contribution in [2.45, 2.75) is 25.8 Å². The van der Waals surface area contributed by atoms with Gasteiger partial charge in [0, 0.05) is 44.0 Å². The number of likely N-dealkylation sites (N-methyl/N-ethyl adjacent to an activating group) is 2. The Morgan fingerprint density at radius 3 is 2.40 bits per heavy atom. The first-order chi connectivity index (χ1) is 20.7. The van der Waals surface area contributed by atoms with Gasteiger partial charge in [-0.3, -0.25) is 9.59 Å². The Kier molecular flexibility index (Phi) is 12.2. The number of carbonyl (C=O) groups excluding carboxylic acids is 2. The Hall–Kier alpha value is -5.26. The lowest BCUT2D eigenvalue weighted by Crippen LogP contribution is -2.45. The monoisotopic (exact) mass is 582 g/mol. The Balaban J connectivity index is 1.60. The summed E-state index contributed by atoms with van der Waals surface area (Å²) in [4.78, 5) is 37.1. The van der Waals surface area contributed by atoms with Crippen molar-refractivity contribution in [3.8, 4) is 17.9 Å². The molecule has 0 spiro atoms. The average Bonchev–Trinajstić information content (AvgIpc) is 3.00. The van der Waals surface area contributed by atoms with Crippen LogP contribution in [0.2, 0.25) is 0 Å². The lowest BCUT2D eigenvalue weighted by atomic mass is 10.2. The number of halogens is 1. The number of amides is 2. The molecule has 10 nitrogen and oxygen atoms in total. The zero-order valence-electron chi connectivity index (χ0n) is 24.7. The topological polar surface area (TPSA) is 126 Å². The standard InChI is InChI=1S/C32H35FN8O2/c1-23(41(4)29(42)10-8-20-40(2)3)31(43)35-19-7-5-6-9-25-22-36-32(38-28-15-11-24(21-34)12-16-28)39-30(25)37-27-17-13-26(33)14-18-27/h8,10-18,22-23H,5,7,19-20H2,1-4H3,(H,35,43)(H2,36,37,38,39)/b10-8+. The van der Waals surface area contributed by atoms with Gasteiger partial charge >= 0.3 is 0 Å². The van der Waals surface area contributed by atoms with E-state index in [1.807, 2.05) is 19.0 Å². The minimum atomic E-state index is -0.615. The second-order valence-electron chi connectivity index (χ2n) is 9.89. The normalized spacial score (nSPS) is 11.3. The van der Waals surface area contributed by atoms with Crippen LogP contribution in [0.25, 0.3) is 0 Å². The maximum absolute atomic E-state index is 13.4. The van der Waals surface area contributed by atoms with Gasteiger partial charge in [0.15, 0.2) is 5.82 Å². The van der Waals surface area contributed by atoms with Crippen molar-refractivity contribution in [1.29, 1.82) is 5.26 Å². The van der Waals surface area contributed by atoms with Crippen LogP contribution in [0.1, 0.15) is 30.9 Å². The number of anilines is 4. The van der Waals surface area contributed by atoms with Gasteiger partial charge < -0.3 is 25.8 Å². The van der Waals surface area contributed by atoms with Crippen LogP contribution < -0.4 is 16.0 Å². The van der Waals surface area contributed by atoms with Crippen LogP contribution in [0.15, 0.2) is 66.9 Å². The predicted octanol–water partition coefficient (Wildman–Crippen LogP) is 4.19. The molecular formula is C32H35FN8O2. The van der Waals surface area contributed by atoms with Crippen LogP contribution in [-0.2, 0) is 9.59 Å². The van der Waals surface area contributed by atoms with Crippen LogP contribution in [-0.4, -0.2) is 71.9 Å². The highest BCUT2D eigenvalue weighted by atomic mass is 19.1. The van der Waals surface area contributed by atoms with Crippen LogP contribution >= 0.6 is 0 Å². The molecule has 0 fully saturated rings. The summed E-state index contributed by atoms with van der Waals surface area (Å²) < 4.78 is 13.4. The summed E-state index contributed by atoms with van der Waals surface area (Å²) in [7, 11) is 5.41. The van der Waals surface area contributed by atoms with Crippen molar-refractivity contribution in [1.82, 2.24) is 25.1 Å². The van der Waals surface area contributed by atoms with E-state index in [0.29, 0.717) is 60.2 Å². The van der Waals surface area contributed by atoms with E-state index < -0.39 is 6.04 Å². The van der Waals surface area contributed by atoms with Crippen LogP contribution in [0.5, 0.6) is 0 Å². The Labute approximate surface area is 251 Å². The maximum atomic E-state index is 13.4. The number of rotatable bonds is 12. The Morgan fingerprint density at radius 2 is 1.72 bits per heavy atom. The minimum Gasteiger partial charge on any atom is -0.354 e. The first-order valence-corrected chi connectivity index (χ1v) is 13.7. The third-order valence-corrected chi connectivity index (χ3v) is 6.21. The molecule has 0 saturated carbocycles. The summed E-state index contributed by atoms with van der Waals surface area (Å²) in [5.74, 6) is 6.07. The summed E-state index contributed by atoms with van der Waals surface area (Å²) in [5, 5.41) is 18.1. The summed E-state index contributed by atoms with van der Waals surface area (Å²) in [5.41, 5.74) is 2.41. The number of nitrogens with one attached hydrogen (secondary N) is 3. The van der Waals surface area contributed by atoms with E-state index in [0.717, 1.165) is 0 Å². The summed E-state index contributed by atoms with van der Waals surface area (Å²) in [6.45, 7) is 2.72. The van der Waals surface area contributed by atoms with Gasteiger partial charge in [-0.25, -0.2) is 9.37 Å². The number of unbranched alkanes of at least 4 members (excludes halogenated alkanes) is 1. The SMILES string of the molecule is CC(C(=O)NCCCC#Cc1cnc(Nc2ccc(C#N)cc2)nc1Nc1ccc(F)cc1)N(C)C(=O)/C=C/CN(C)C. The van der Waals surface area contributed by atoms with E-state index in [1.165, 1.54) is 23.1 Å². The largest absolute Gasteiger partial charge is 0.354 e. The number of carbonyl (C=O) groups is 2. The van der Waals surface area contributed by atoms with Crippen molar-refractivity contribution >= 4 is 35.0 Å². The number of nitriles is 1. The molecule has 0 aliphatic rings. The highest BCUT2D eigenvalue weighted by Crippen LogP contribution is 2.21. The third-order valence-electron chi connectivity index (χ3n) is 6.21. The van der Waals surface area contributed by atoms with Crippen molar-refractivity contribution in [2.75, 3.05) is 44.9 Å². The fraction of sp³-hybridized carbons (Fsp3) is 0.281. The van der Waals surface area contributed by atoms with Crippen LogP contribution in [0.4, 0.5) is 27.5 Å². The predicted molar refractivity (Wildman–Crippen MR) is 165 cm³/mol. The van der Waals surface area contributed by atoms with Crippen molar-refractivity contribution < 1.29 is 14.0 Å². The fourth-order valence-electron chi connectivity index (χ4n) is 3.60. The minimum absolute atomic E-state index is 0.235. The zero-order valence-corrected chi connectivity index (χ0v) is 24.7. The first kappa shape index (κ1) is 32.3. The van der Waals surface area contributed by atoms with Gasteiger partial charge in [0.25, 0.3) is 0 Å². The Morgan fingerprint density at radius 1 is 1.05 bits per heavy atom. The van der Waals surface area contributed by atoms with Gasteiger partial charge in [0.1, 0.15) is 11.9 Å². The van der Waals surface area contributed by atoms with Crippen molar-refractivity contribution in [3.63, 3.8) is 0 Å². The number of hydrogen-bond donors (Lipinski definition) is 3. The van der Waals surface area contributed by atoms with Gasteiger partial charge in [0.05, 0.1) is 23.4 Å². The molecule has 1 atom stereocenters. The molecule has 1 heterocycles. The van der Waals surface area contributed by atoms with Gasteiger partial charge in [0.2, 0.25) is 17.8 Å². The molecule has 0 aliphatic heterocycles. The molecular weight excluding hydrogens is 547 g/mol. The molecule has 222 valence electrons. The van der Waals surface area contributed by atoms with Crippen molar-refractivity contribution in [2.24, 2.45) is 0 Å². The molecule has 0 aliphatic carbocycles. The molecule has 1 unspecified atom stereocenters. The second kappa shape index (κ2) is 16.2. The quantitative estimate of drug-likeness (QED) is 0.165. The van der Waals surface area contributed by atoms with E-state index in [2.05, 4.69) is 43.8 Å². The second-order valence-corrected chi connectivity index (χ2v) is 9.89. The van der Waals surface area contributed by atoms with E-state index in [-0.39, 0.29) is 17.6 Å². The highest BCUT2D eigenvalue weighted by molar-refractivity contribution is 5.92. The van der Waals surface area contributed by atoms with Gasteiger partial charge in [-0.1, -0.05) is 17.9 Å². The number of aromatic nitrogens is 2. The molecule has 0 bridgehead atoms. The van der Waals surface area contributed by atoms with E-state index in [4.69, 9.17) is 5.26 Å². The first-order valence-electron chi connectivity index (χ1n) is 13.7. The fourth-order valence-corrected chi connectivity index (χ4v) is 3.60. The molecule has 3 N–H and O–H groups in total. The Bertz CT molecular complexity index is 1520. The molecule has 2 amide bonds. The molecule has 0 saturated heterocycles. The summed E-state index contributed by atoms with van der Waals surface area (Å²) >= 11 is 0.